The van der Waals surface area contributed by atoms with Crippen LogP contribution in [-0.4, -0.2) is 40.5 Å². The Labute approximate surface area is 113 Å². The first-order chi connectivity index (χ1) is 8.49. The number of hydrogen-bond acceptors (Lipinski definition) is 4. The molecule has 0 saturated carbocycles. The van der Waals surface area contributed by atoms with Gasteiger partial charge in [-0.2, -0.15) is 0 Å². The Balaban J connectivity index is 2.29. The minimum Gasteiger partial charge on any atom is -0.479 e. The van der Waals surface area contributed by atoms with Gasteiger partial charge in [0.1, 0.15) is 0 Å². The van der Waals surface area contributed by atoms with E-state index in [9.17, 15) is 9.59 Å². The van der Waals surface area contributed by atoms with E-state index in [0.717, 1.165) is 4.90 Å². The normalized spacial score (nSPS) is 11.9. The highest BCUT2D eigenvalue weighted by Gasteiger charge is 2.13. The Kier molecular flexibility index (Phi) is 5.97. The second-order valence-electron chi connectivity index (χ2n) is 3.40. The van der Waals surface area contributed by atoms with E-state index in [0.29, 0.717) is 5.02 Å². The van der Waals surface area contributed by atoms with Crippen molar-refractivity contribution in [1.29, 1.82) is 0 Å². The van der Waals surface area contributed by atoms with Crippen LogP contribution in [0.1, 0.15) is 0 Å². The van der Waals surface area contributed by atoms with Crippen molar-refractivity contribution < 1.29 is 19.8 Å². The van der Waals surface area contributed by atoms with E-state index in [1.165, 1.54) is 11.8 Å². The van der Waals surface area contributed by atoms with Crippen molar-refractivity contribution in [2.24, 2.45) is 0 Å². The molecule has 3 N–H and O–H groups in total. The van der Waals surface area contributed by atoms with E-state index < -0.39 is 12.1 Å². The summed E-state index contributed by atoms with van der Waals surface area (Å²) >= 11 is 7.01. The maximum Gasteiger partial charge on any atom is 0.334 e. The zero-order chi connectivity index (χ0) is 13.5. The van der Waals surface area contributed by atoms with Crippen LogP contribution in [0, 0.1) is 0 Å². The maximum absolute atomic E-state index is 11.3. The minimum absolute atomic E-state index is 0.147. The molecule has 0 aliphatic carbocycles. The average molecular weight is 290 g/mol. The van der Waals surface area contributed by atoms with Crippen LogP contribution in [0.15, 0.2) is 29.2 Å². The van der Waals surface area contributed by atoms with Gasteiger partial charge in [0.25, 0.3) is 0 Å². The summed E-state index contributed by atoms with van der Waals surface area (Å²) in [7, 11) is 0. The predicted molar refractivity (Wildman–Crippen MR) is 68.8 cm³/mol. The molecule has 0 saturated heterocycles. The Morgan fingerprint density at radius 2 is 1.94 bits per heavy atom. The van der Waals surface area contributed by atoms with E-state index >= 15 is 0 Å². The zero-order valence-electron chi connectivity index (χ0n) is 9.30. The summed E-state index contributed by atoms with van der Waals surface area (Å²) < 4.78 is 0. The molecule has 1 atom stereocenters. The number of aliphatic hydroxyl groups is 1. The molecule has 7 heteroatoms. The molecule has 1 aromatic carbocycles. The third-order valence-electron chi connectivity index (χ3n) is 1.96. The molecular weight excluding hydrogens is 278 g/mol. The topological polar surface area (TPSA) is 86.6 Å². The first kappa shape index (κ1) is 14.8. The molecule has 0 fully saturated rings. The number of aliphatic carboxylic acids is 1. The molecule has 0 radical (unpaired) electrons. The SMILES string of the molecule is O=C(CSc1ccc(Cl)cc1)NC[C@H](O)C(=O)O. The number of nitrogens with one attached hydrogen (secondary N) is 1. The lowest BCUT2D eigenvalue weighted by molar-refractivity contribution is -0.146. The third kappa shape index (κ3) is 5.39. The molecule has 0 bridgehead atoms. The van der Waals surface area contributed by atoms with Gasteiger partial charge in [0.15, 0.2) is 6.10 Å². The highest BCUT2D eigenvalue weighted by atomic mass is 35.5. The summed E-state index contributed by atoms with van der Waals surface area (Å²) in [6.45, 7) is -0.296. The number of benzene rings is 1. The summed E-state index contributed by atoms with van der Waals surface area (Å²) in [5, 5.41) is 20.3. The monoisotopic (exact) mass is 289 g/mol. The van der Waals surface area contributed by atoms with Crippen LogP contribution in [0.4, 0.5) is 0 Å². The van der Waals surface area contributed by atoms with Crippen molar-refractivity contribution >= 4 is 35.2 Å². The highest BCUT2D eigenvalue weighted by molar-refractivity contribution is 8.00. The lowest BCUT2D eigenvalue weighted by Crippen LogP contribution is -2.37. The van der Waals surface area contributed by atoms with Gasteiger partial charge in [-0.25, -0.2) is 4.79 Å². The van der Waals surface area contributed by atoms with E-state index in [4.69, 9.17) is 21.8 Å². The number of amides is 1. The quantitative estimate of drug-likeness (QED) is 0.680. The van der Waals surface area contributed by atoms with Crippen LogP contribution in [0.2, 0.25) is 5.02 Å². The number of carbonyl (C=O) groups is 2. The van der Waals surface area contributed by atoms with E-state index in [-0.39, 0.29) is 18.2 Å². The zero-order valence-corrected chi connectivity index (χ0v) is 10.9. The molecule has 0 aliphatic rings. The van der Waals surface area contributed by atoms with Gasteiger partial charge < -0.3 is 15.5 Å². The largest absolute Gasteiger partial charge is 0.479 e. The first-order valence-corrected chi connectivity index (χ1v) is 6.41. The molecule has 0 aromatic heterocycles. The van der Waals surface area contributed by atoms with Crippen LogP contribution in [-0.2, 0) is 9.59 Å². The number of hydrogen-bond donors (Lipinski definition) is 3. The molecule has 1 amide bonds. The number of carbonyl (C=O) groups excluding carboxylic acids is 1. The molecule has 0 aliphatic heterocycles. The number of rotatable bonds is 6. The van der Waals surface area contributed by atoms with Crippen LogP contribution in [0.3, 0.4) is 0 Å². The second kappa shape index (κ2) is 7.25. The number of halogens is 1. The number of thioether (sulfide) groups is 1. The molecule has 1 rings (SSSR count). The Hall–Kier alpha value is -1.24. The molecule has 0 spiro atoms. The lowest BCUT2D eigenvalue weighted by Gasteiger charge is -2.07. The fraction of sp³-hybridized carbons (Fsp3) is 0.273. The predicted octanol–water partition coefficient (Wildman–Crippen LogP) is 0.994. The maximum atomic E-state index is 11.3. The standard InChI is InChI=1S/C11H12ClNO4S/c12-7-1-3-8(4-2-7)18-6-10(15)13-5-9(14)11(16)17/h1-4,9,14H,5-6H2,(H,13,15)(H,16,17)/t9-/m0/s1. The van der Waals surface area contributed by atoms with Crippen LogP contribution < -0.4 is 5.32 Å². The molecule has 98 valence electrons. The smallest absolute Gasteiger partial charge is 0.334 e. The van der Waals surface area contributed by atoms with Crippen LogP contribution in [0.5, 0.6) is 0 Å². The van der Waals surface area contributed by atoms with Crippen molar-refractivity contribution in [1.82, 2.24) is 5.32 Å². The number of carboxylic acid groups (broad SMARTS) is 1. The molecule has 18 heavy (non-hydrogen) atoms. The summed E-state index contributed by atoms with van der Waals surface area (Å²) in [5.74, 6) is -1.55. The molecule has 0 heterocycles. The number of aliphatic hydroxyl groups excluding tert-OH is 1. The minimum atomic E-state index is -1.57. The van der Waals surface area contributed by atoms with Crippen molar-refractivity contribution in [2.45, 2.75) is 11.0 Å². The molecular formula is C11H12ClNO4S. The van der Waals surface area contributed by atoms with Crippen molar-refractivity contribution in [2.75, 3.05) is 12.3 Å². The second-order valence-corrected chi connectivity index (χ2v) is 4.89. The average Bonchev–Trinajstić information content (AvgIpc) is 2.35. The van der Waals surface area contributed by atoms with Gasteiger partial charge in [-0.15, -0.1) is 11.8 Å². The van der Waals surface area contributed by atoms with Gasteiger partial charge in [-0.05, 0) is 24.3 Å². The van der Waals surface area contributed by atoms with E-state index in [1.807, 2.05) is 0 Å². The third-order valence-corrected chi connectivity index (χ3v) is 3.23. The van der Waals surface area contributed by atoms with Gasteiger partial charge in [0.2, 0.25) is 5.91 Å². The summed E-state index contributed by atoms with van der Waals surface area (Å²) in [4.78, 5) is 22.5. The molecule has 0 unspecified atom stereocenters. The van der Waals surface area contributed by atoms with Gasteiger partial charge in [-0.3, -0.25) is 4.79 Å². The van der Waals surface area contributed by atoms with Crippen LogP contribution in [0.25, 0.3) is 0 Å². The Morgan fingerprint density at radius 3 is 2.50 bits per heavy atom. The van der Waals surface area contributed by atoms with Gasteiger partial charge in [-0.1, -0.05) is 11.6 Å². The fourth-order valence-corrected chi connectivity index (χ4v) is 1.88. The van der Waals surface area contributed by atoms with Crippen molar-refractivity contribution in [3.8, 4) is 0 Å². The summed E-state index contributed by atoms with van der Waals surface area (Å²) in [6.07, 6.45) is -1.57. The van der Waals surface area contributed by atoms with Gasteiger partial charge >= 0.3 is 5.97 Å². The van der Waals surface area contributed by atoms with E-state index in [1.54, 1.807) is 24.3 Å². The van der Waals surface area contributed by atoms with Crippen LogP contribution >= 0.6 is 23.4 Å². The Bertz CT molecular complexity index is 424. The molecule has 1 aromatic rings. The molecule has 5 nitrogen and oxygen atoms in total. The Morgan fingerprint density at radius 1 is 1.33 bits per heavy atom. The highest BCUT2D eigenvalue weighted by Crippen LogP contribution is 2.19. The fourth-order valence-electron chi connectivity index (χ4n) is 1.03. The summed E-state index contributed by atoms with van der Waals surface area (Å²) in [5.41, 5.74) is 0. The van der Waals surface area contributed by atoms with Gasteiger partial charge in [0, 0.05) is 9.92 Å². The first-order valence-electron chi connectivity index (χ1n) is 5.05. The van der Waals surface area contributed by atoms with Gasteiger partial charge in [0.05, 0.1) is 12.3 Å². The number of carboxylic acids is 1. The van der Waals surface area contributed by atoms with Crippen molar-refractivity contribution in [3.05, 3.63) is 29.3 Å². The van der Waals surface area contributed by atoms with E-state index in [2.05, 4.69) is 5.32 Å². The lowest BCUT2D eigenvalue weighted by atomic mass is 10.3. The summed E-state index contributed by atoms with van der Waals surface area (Å²) in [6, 6.07) is 7.00. The van der Waals surface area contributed by atoms with Crippen molar-refractivity contribution in [3.63, 3.8) is 0 Å².